The molecule has 1 amide bonds. The van der Waals surface area contributed by atoms with E-state index in [0.29, 0.717) is 0 Å². The normalized spacial score (nSPS) is 14.4. The summed E-state index contributed by atoms with van der Waals surface area (Å²) in [4.78, 5) is 10.2. The first-order valence-corrected chi connectivity index (χ1v) is 3.95. The number of amides is 1. The Morgan fingerprint density at radius 2 is 2.09 bits per heavy atom. The fraction of sp³-hybridized carbons (Fsp3) is 0.667. The van der Waals surface area contributed by atoms with Crippen LogP contribution in [0, 0.1) is 0 Å². The smallest absolute Gasteiger partial charge is 0.368 e. The first-order valence-electron chi connectivity index (χ1n) is 2.57. The van der Waals surface area contributed by atoms with Crippen molar-refractivity contribution in [1.29, 1.82) is 0 Å². The number of nitrogens with one attached hydrogen (secondary N) is 1. The van der Waals surface area contributed by atoms with Crippen LogP contribution in [0.3, 0.4) is 0 Å². The topological polar surface area (TPSA) is 115 Å². The van der Waals surface area contributed by atoms with Gasteiger partial charge in [0.2, 0.25) is 5.91 Å². The lowest BCUT2D eigenvalue weighted by Gasteiger charge is -2.04. The predicted octanol–water partition coefficient (Wildman–Crippen LogP) is -2.40. The van der Waals surface area contributed by atoms with Gasteiger partial charge in [0, 0.05) is 6.54 Å². The molecule has 0 saturated carbocycles. The zero-order valence-electron chi connectivity index (χ0n) is 5.45. The van der Waals surface area contributed by atoms with E-state index in [1.54, 1.807) is 0 Å². The molecule has 5 N–H and O–H groups in total. The molecule has 11 heavy (non-hydrogen) atoms. The minimum absolute atomic E-state index is 0.534. The van der Waals surface area contributed by atoms with Gasteiger partial charge in [-0.1, -0.05) is 3.89 Å². The molecule has 0 aliphatic carbocycles. The molecule has 0 heterocycles. The third-order valence-electron chi connectivity index (χ3n) is 0.841. The number of primary amides is 1. The second kappa shape index (κ2) is 3.60. The van der Waals surface area contributed by atoms with Gasteiger partial charge in [0.15, 0.2) is 0 Å². The Morgan fingerprint density at radius 3 is 2.36 bits per heavy atom. The minimum atomic E-state index is -4.79. The molecular formula is C3H8FN3O3S. The molecule has 0 bridgehead atoms. The van der Waals surface area contributed by atoms with Gasteiger partial charge < -0.3 is 11.5 Å². The van der Waals surface area contributed by atoms with E-state index in [4.69, 9.17) is 5.73 Å². The van der Waals surface area contributed by atoms with Crippen LogP contribution in [0.1, 0.15) is 0 Å². The number of carbonyl (C=O) groups is 1. The SMILES string of the molecule is NC(=O)C(N)CNS(=O)(=O)F. The van der Waals surface area contributed by atoms with Crippen LogP contribution in [0.4, 0.5) is 3.89 Å². The summed E-state index contributed by atoms with van der Waals surface area (Å²) >= 11 is 0. The summed E-state index contributed by atoms with van der Waals surface area (Å²) < 4.78 is 32.6. The van der Waals surface area contributed by atoms with E-state index in [-0.39, 0.29) is 0 Å². The Kier molecular flexibility index (Phi) is 3.36. The maximum Gasteiger partial charge on any atom is 0.372 e. The summed E-state index contributed by atoms with van der Waals surface area (Å²) in [6, 6.07) is -1.21. The Hall–Kier alpha value is -0.730. The number of carbonyl (C=O) groups excluding carboxylic acids is 1. The van der Waals surface area contributed by atoms with Crippen LogP contribution in [-0.2, 0) is 15.2 Å². The molecule has 0 spiro atoms. The maximum absolute atomic E-state index is 11.7. The maximum atomic E-state index is 11.7. The standard InChI is InChI=1S/C3H8FN3O3S/c4-11(9,10)7-1-2(5)3(6)8/h2,7H,1,5H2,(H2,6,8). The molecule has 0 fully saturated rings. The number of nitrogens with two attached hydrogens (primary N) is 2. The van der Waals surface area contributed by atoms with E-state index < -0.39 is 28.9 Å². The summed E-state index contributed by atoms with van der Waals surface area (Å²) in [5.41, 5.74) is 9.60. The van der Waals surface area contributed by atoms with Crippen molar-refractivity contribution >= 4 is 16.3 Å². The lowest BCUT2D eigenvalue weighted by Crippen LogP contribution is -2.45. The Morgan fingerprint density at radius 1 is 1.64 bits per heavy atom. The van der Waals surface area contributed by atoms with Crippen LogP contribution >= 0.6 is 0 Å². The van der Waals surface area contributed by atoms with Crippen molar-refractivity contribution in [3.63, 3.8) is 0 Å². The van der Waals surface area contributed by atoms with Crippen molar-refractivity contribution in [3.05, 3.63) is 0 Å². The predicted molar refractivity (Wildman–Crippen MR) is 35.2 cm³/mol. The van der Waals surface area contributed by atoms with Gasteiger partial charge in [0.05, 0.1) is 6.04 Å². The molecule has 0 aliphatic rings. The van der Waals surface area contributed by atoms with Crippen molar-refractivity contribution in [1.82, 2.24) is 4.72 Å². The molecule has 6 nitrogen and oxygen atoms in total. The summed E-state index contributed by atoms with van der Waals surface area (Å²) in [6.45, 7) is -0.534. The highest BCUT2D eigenvalue weighted by Gasteiger charge is 2.13. The summed E-state index contributed by atoms with van der Waals surface area (Å²) in [6.07, 6.45) is 0. The van der Waals surface area contributed by atoms with Crippen molar-refractivity contribution in [3.8, 4) is 0 Å². The number of halogens is 1. The molecule has 1 unspecified atom stereocenters. The van der Waals surface area contributed by atoms with Crippen molar-refractivity contribution < 1.29 is 17.1 Å². The van der Waals surface area contributed by atoms with E-state index in [0.717, 1.165) is 0 Å². The number of rotatable bonds is 4. The van der Waals surface area contributed by atoms with E-state index in [1.807, 2.05) is 0 Å². The van der Waals surface area contributed by atoms with Gasteiger partial charge in [0.1, 0.15) is 0 Å². The van der Waals surface area contributed by atoms with Crippen LogP contribution in [-0.4, -0.2) is 26.9 Å². The highest BCUT2D eigenvalue weighted by atomic mass is 32.3. The van der Waals surface area contributed by atoms with Gasteiger partial charge in [-0.3, -0.25) is 4.79 Å². The summed E-state index contributed by atoms with van der Waals surface area (Å²) in [5, 5.41) is 0. The molecule has 0 aromatic heterocycles. The summed E-state index contributed by atoms with van der Waals surface area (Å²) in [5.74, 6) is -0.902. The van der Waals surface area contributed by atoms with Crippen molar-refractivity contribution in [2.45, 2.75) is 6.04 Å². The molecule has 0 aromatic rings. The van der Waals surface area contributed by atoms with E-state index >= 15 is 0 Å². The number of hydrogen-bond acceptors (Lipinski definition) is 4. The second-order valence-electron chi connectivity index (χ2n) is 1.80. The molecule has 66 valence electrons. The van der Waals surface area contributed by atoms with Crippen molar-refractivity contribution in [2.24, 2.45) is 11.5 Å². The van der Waals surface area contributed by atoms with Crippen LogP contribution in [0.25, 0.3) is 0 Å². The monoisotopic (exact) mass is 185 g/mol. The first-order chi connectivity index (χ1) is 4.83. The van der Waals surface area contributed by atoms with Crippen LogP contribution in [0.5, 0.6) is 0 Å². The molecule has 0 aliphatic heterocycles. The Labute approximate surface area is 63.1 Å². The molecule has 0 aromatic carbocycles. The second-order valence-corrected chi connectivity index (χ2v) is 2.96. The minimum Gasteiger partial charge on any atom is -0.368 e. The molecular weight excluding hydrogens is 177 g/mol. The molecule has 0 radical (unpaired) electrons. The van der Waals surface area contributed by atoms with E-state index in [9.17, 15) is 17.1 Å². The molecule has 0 rings (SSSR count). The lowest BCUT2D eigenvalue weighted by molar-refractivity contribution is -0.119. The Balaban J connectivity index is 3.82. The highest BCUT2D eigenvalue weighted by Crippen LogP contribution is 1.83. The average molecular weight is 185 g/mol. The van der Waals surface area contributed by atoms with Crippen LogP contribution < -0.4 is 16.2 Å². The van der Waals surface area contributed by atoms with Gasteiger partial charge in [-0.2, -0.15) is 13.1 Å². The van der Waals surface area contributed by atoms with E-state index in [2.05, 4.69) is 5.73 Å². The van der Waals surface area contributed by atoms with Gasteiger partial charge in [0.25, 0.3) is 0 Å². The zero-order chi connectivity index (χ0) is 9.07. The molecule has 0 saturated heterocycles. The third-order valence-corrected chi connectivity index (χ3v) is 1.35. The molecule has 1 atom stereocenters. The van der Waals surface area contributed by atoms with Crippen LogP contribution in [0.15, 0.2) is 0 Å². The largest absolute Gasteiger partial charge is 0.372 e. The quantitative estimate of drug-likeness (QED) is 0.423. The van der Waals surface area contributed by atoms with E-state index in [1.165, 1.54) is 4.72 Å². The third kappa shape index (κ3) is 5.70. The average Bonchev–Trinajstić information content (AvgIpc) is 1.80. The van der Waals surface area contributed by atoms with Gasteiger partial charge in [-0.25, -0.2) is 0 Å². The fourth-order valence-electron chi connectivity index (χ4n) is 0.290. The van der Waals surface area contributed by atoms with Crippen LogP contribution in [0.2, 0.25) is 0 Å². The van der Waals surface area contributed by atoms with Crippen molar-refractivity contribution in [2.75, 3.05) is 6.54 Å². The highest BCUT2D eigenvalue weighted by molar-refractivity contribution is 7.84. The van der Waals surface area contributed by atoms with Gasteiger partial charge in [-0.15, -0.1) is 0 Å². The van der Waals surface area contributed by atoms with Gasteiger partial charge >= 0.3 is 10.4 Å². The fourth-order valence-corrected chi connectivity index (χ4v) is 0.669. The molecule has 8 heteroatoms. The first kappa shape index (κ1) is 10.3. The van der Waals surface area contributed by atoms with Gasteiger partial charge in [-0.05, 0) is 0 Å². The summed E-state index contributed by atoms with van der Waals surface area (Å²) in [7, 11) is -4.79. The number of hydrogen-bond donors (Lipinski definition) is 3. The zero-order valence-corrected chi connectivity index (χ0v) is 6.27. The Bertz CT molecular complexity index is 238. The lowest BCUT2D eigenvalue weighted by atomic mass is 10.3.